The molecule has 0 spiro atoms. The lowest BCUT2D eigenvalue weighted by Crippen LogP contribution is -2.48. The van der Waals surface area contributed by atoms with Gasteiger partial charge in [-0.2, -0.15) is 0 Å². The number of para-hydroxylation sites is 1. The lowest BCUT2D eigenvalue weighted by atomic mass is 10.0. The highest BCUT2D eigenvalue weighted by molar-refractivity contribution is 9.10. The van der Waals surface area contributed by atoms with Crippen LogP contribution in [0.1, 0.15) is 11.6 Å². The second-order valence-corrected chi connectivity index (χ2v) is 6.63. The van der Waals surface area contributed by atoms with Crippen molar-refractivity contribution in [2.45, 2.75) is 6.04 Å². The van der Waals surface area contributed by atoms with E-state index in [4.69, 9.17) is 0 Å². The van der Waals surface area contributed by atoms with Crippen LogP contribution < -0.4 is 10.6 Å². The molecule has 0 radical (unpaired) electrons. The number of anilines is 1. The Morgan fingerprint density at radius 3 is 2.92 bits per heavy atom. The van der Waals surface area contributed by atoms with Gasteiger partial charge in [0.25, 0.3) is 0 Å². The molecule has 24 heavy (non-hydrogen) atoms. The number of rotatable bonds is 4. The van der Waals surface area contributed by atoms with Gasteiger partial charge in [-0.05, 0) is 45.8 Å². The number of amides is 1. The molecule has 0 aromatic heterocycles. The van der Waals surface area contributed by atoms with Gasteiger partial charge in [-0.1, -0.05) is 24.3 Å². The first-order valence-corrected chi connectivity index (χ1v) is 8.67. The van der Waals surface area contributed by atoms with Gasteiger partial charge in [-0.25, -0.2) is 4.39 Å². The SMILES string of the molecule is O=C(CN1CCNCC1c1cccc(F)c1)Nc1ccccc1Br. The molecular formula is C18H19BrFN3O. The van der Waals surface area contributed by atoms with Gasteiger partial charge in [0.1, 0.15) is 5.82 Å². The van der Waals surface area contributed by atoms with Crippen molar-refractivity contribution < 1.29 is 9.18 Å². The molecule has 1 aliphatic rings. The maximum absolute atomic E-state index is 13.5. The molecule has 1 amide bonds. The topological polar surface area (TPSA) is 44.4 Å². The summed E-state index contributed by atoms with van der Waals surface area (Å²) in [7, 11) is 0. The molecule has 1 heterocycles. The maximum Gasteiger partial charge on any atom is 0.238 e. The molecule has 1 saturated heterocycles. The van der Waals surface area contributed by atoms with Crippen LogP contribution in [0.3, 0.4) is 0 Å². The van der Waals surface area contributed by atoms with Crippen LogP contribution in [-0.4, -0.2) is 37.0 Å². The van der Waals surface area contributed by atoms with Crippen LogP contribution in [0, 0.1) is 5.82 Å². The van der Waals surface area contributed by atoms with Gasteiger partial charge < -0.3 is 10.6 Å². The summed E-state index contributed by atoms with van der Waals surface area (Å²) < 4.78 is 14.4. The van der Waals surface area contributed by atoms with E-state index >= 15 is 0 Å². The number of halogens is 2. The van der Waals surface area contributed by atoms with Crippen molar-refractivity contribution in [3.8, 4) is 0 Å². The molecule has 6 heteroatoms. The van der Waals surface area contributed by atoms with Gasteiger partial charge in [-0.3, -0.25) is 9.69 Å². The highest BCUT2D eigenvalue weighted by Gasteiger charge is 2.25. The van der Waals surface area contributed by atoms with E-state index < -0.39 is 0 Å². The van der Waals surface area contributed by atoms with Crippen molar-refractivity contribution in [3.05, 3.63) is 64.4 Å². The first-order valence-electron chi connectivity index (χ1n) is 7.88. The summed E-state index contributed by atoms with van der Waals surface area (Å²) in [4.78, 5) is 14.5. The van der Waals surface area contributed by atoms with Gasteiger partial charge in [0.05, 0.1) is 12.2 Å². The van der Waals surface area contributed by atoms with Crippen molar-refractivity contribution in [1.29, 1.82) is 0 Å². The van der Waals surface area contributed by atoms with Crippen LogP contribution in [0.2, 0.25) is 0 Å². The highest BCUT2D eigenvalue weighted by atomic mass is 79.9. The Bertz CT molecular complexity index is 725. The standard InChI is InChI=1S/C18H19BrFN3O/c19-15-6-1-2-7-16(15)22-18(24)12-23-9-8-21-11-17(23)13-4-3-5-14(20)10-13/h1-7,10,17,21H,8-9,11-12H2,(H,22,24). The summed E-state index contributed by atoms with van der Waals surface area (Å²) in [6, 6.07) is 14.1. The van der Waals surface area contributed by atoms with E-state index in [1.165, 1.54) is 12.1 Å². The average Bonchev–Trinajstić information content (AvgIpc) is 2.57. The fraction of sp³-hybridized carbons (Fsp3) is 0.278. The zero-order valence-electron chi connectivity index (χ0n) is 13.1. The monoisotopic (exact) mass is 391 g/mol. The van der Waals surface area contributed by atoms with Gasteiger partial charge >= 0.3 is 0 Å². The molecule has 2 N–H and O–H groups in total. The first kappa shape index (κ1) is 17.1. The van der Waals surface area contributed by atoms with Crippen molar-refractivity contribution >= 4 is 27.5 Å². The molecule has 1 atom stereocenters. The van der Waals surface area contributed by atoms with Crippen molar-refractivity contribution in [2.24, 2.45) is 0 Å². The molecule has 126 valence electrons. The number of carbonyl (C=O) groups excluding carboxylic acids is 1. The largest absolute Gasteiger partial charge is 0.324 e. The third-order valence-corrected chi connectivity index (χ3v) is 4.77. The fourth-order valence-electron chi connectivity index (χ4n) is 2.91. The van der Waals surface area contributed by atoms with Crippen LogP contribution in [0.5, 0.6) is 0 Å². The minimum Gasteiger partial charge on any atom is -0.324 e. The van der Waals surface area contributed by atoms with Gasteiger partial charge in [0, 0.05) is 30.1 Å². The lowest BCUT2D eigenvalue weighted by molar-refractivity contribution is -0.118. The molecule has 0 saturated carbocycles. The third kappa shape index (κ3) is 4.20. The van der Waals surface area contributed by atoms with Crippen LogP contribution >= 0.6 is 15.9 Å². The first-order chi connectivity index (χ1) is 11.6. The molecule has 1 aliphatic heterocycles. The summed E-state index contributed by atoms with van der Waals surface area (Å²) in [5.41, 5.74) is 1.64. The van der Waals surface area contributed by atoms with Gasteiger partial charge in [0.2, 0.25) is 5.91 Å². The Labute approximate surface area is 149 Å². The number of nitrogens with zero attached hydrogens (tertiary/aromatic N) is 1. The normalized spacial score (nSPS) is 18.3. The Balaban J connectivity index is 1.70. The molecule has 0 bridgehead atoms. The molecule has 0 aliphatic carbocycles. The van der Waals surface area contributed by atoms with Crippen LogP contribution in [-0.2, 0) is 4.79 Å². The van der Waals surface area contributed by atoms with E-state index in [9.17, 15) is 9.18 Å². The van der Waals surface area contributed by atoms with Crippen molar-refractivity contribution in [2.75, 3.05) is 31.5 Å². The smallest absolute Gasteiger partial charge is 0.238 e. The Hall–Kier alpha value is -1.76. The predicted molar refractivity (Wildman–Crippen MR) is 96.4 cm³/mol. The summed E-state index contributed by atoms with van der Waals surface area (Å²) in [5, 5.41) is 6.23. The Morgan fingerprint density at radius 1 is 1.29 bits per heavy atom. The minimum atomic E-state index is -0.254. The number of hydrogen-bond donors (Lipinski definition) is 2. The van der Waals surface area contributed by atoms with Crippen LogP contribution in [0.15, 0.2) is 53.0 Å². The predicted octanol–water partition coefficient (Wildman–Crippen LogP) is 3.17. The summed E-state index contributed by atoms with van der Waals surface area (Å²) in [5.74, 6) is -0.333. The van der Waals surface area contributed by atoms with Crippen molar-refractivity contribution in [1.82, 2.24) is 10.2 Å². The van der Waals surface area contributed by atoms with Crippen molar-refractivity contribution in [3.63, 3.8) is 0 Å². The van der Waals surface area contributed by atoms with E-state index in [1.54, 1.807) is 6.07 Å². The molecular weight excluding hydrogens is 373 g/mol. The highest BCUT2D eigenvalue weighted by Crippen LogP contribution is 2.24. The van der Waals surface area contributed by atoms with E-state index in [-0.39, 0.29) is 24.3 Å². The maximum atomic E-state index is 13.5. The van der Waals surface area contributed by atoms with E-state index in [0.717, 1.165) is 28.8 Å². The number of hydrogen-bond acceptors (Lipinski definition) is 3. The number of piperazine rings is 1. The zero-order valence-corrected chi connectivity index (χ0v) is 14.7. The van der Waals surface area contributed by atoms with Crippen LogP contribution in [0.4, 0.5) is 10.1 Å². The molecule has 1 fully saturated rings. The quantitative estimate of drug-likeness (QED) is 0.840. The molecule has 1 unspecified atom stereocenters. The fourth-order valence-corrected chi connectivity index (χ4v) is 3.30. The second kappa shape index (κ2) is 7.88. The Morgan fingerprint density at radius 2 is 2.12 bits per heavy atom. The molecule has 2 aromatic carbocycles. The summed E-state index contributed by atoms with van der Waals surface area (Å²) >= 11 is 3.43. The van der Waals surface area contributed by atoms with Gasteiger partial charge in [-0.15, -0.1) is 0 Å². The Kier molecular flexibility index (Phi) is 5.60. The molecule has 2 aromatic rings. The minimum absolute atomic E-state index is 0.0144. The summed E-state index contributed by atoms with van der Waals surface area (Å²) in [6.45, 7) is 2.52. The number of carbonyl (C=O) groups is 1. The van der Waals surface area contributed by atoms with E-state index in [2.05, 4.69) is 31.5 Å². The van der Waals surface area contributed by atoms with E-state index in [1.807, 2.05) is 30.3 Å². The summed E-state index contributed by atoms with van der Waals surface area (Å²) in [6.07, 6.45) is 0. The lowest BCUT2D eigenvalue weighted by Gasteiger charge is -2.36. The molecule has 4 nitrogen and oxygen atoms in total. The molecule has 3 rings (SSSR count). The third-order valence-electron chi connectivity index (χ3n) is 4.08. The average molecular weight is 392 g/mol. The number of benzene rings is 2. The van der Waals surface area contributed by atoms with Crippen LogP contribution in [0.25, 0.3) is 0 Å². The number of nitrogens with one attached hydrogen (secondary N) is 2. The van der Waals surface area contributed by atoms with E-state index in [0.29, 0.717) is 6.54 Å². The zero-order chi connectivity index (χ0) is 16.9. The van der Waals surface area contributed by atoms with Gasteiger partial charge in [0.15, 0.2) is 0 Å². The second-order valence-electron chi connectivity index (χ2n) is 5.77.